The summed E-state index contributed by atoms with van der Waals surface area (Å²) in [7, 11) is 1.41. The van der Waals surface area contributed by atoms with Gasteiger partial charge in [-0.3, -0.25) is 9.36 Å². The molecule has 7 heteroatoms. The highest BCUT2D eigenvalue weighted by atomic mass is 16.5. The third kappa shape index (κ3) is 3.08. The highest BCUT2D eigenvalue weighted by molar-refractivity contribution is 5.82. The molecule has 0 radical (unpaired) electrons. The molecule has 1 saturated carbocycles. The van der Waals surface area contributed by atoms with Gasteiger partial charge < -0.3 is 15.0 Å². The molecule has 3 rings (SSSR count). The van der Waals surface area contributed by atoms with Crippen molar-refractivity contribution < 1.29 is 14.3 Å². The molecule has 23 heavy (non-hydrogen) atoms. The van der Waals surface area contributed by atoms with Crippen LogP contribution in [0.25, 0.3) is 0 Å². The van der Waals surface area contributed by atoms with Gasteiger partial charge in [-0.25, -0.2) is 4.79 Å². The molecule has 1 aliphatic heterocycles. The summed E-state index contributed by atoms with van der Waals surface area (Å²) < 4.78 is 6.14. The molecule has 2 aliphatic rings. The van der Waals surface area contributed by atoms with Crippen LogP contribution in [0.4, 0.5) is 4.79 Å². The van der Waals surface area contributed by atoms with E-state index in [1.54, 1.807) is 23.2 Å². The van der Waals surface area contributed by atoms with E-state index in [0.717, 1.165) is 25.9 Å². The van der Waals surface area contributed by atoms with Crippen molar-refractivity contribution in [3.8, 4) is 6.07 Å². The Bertz CT molecular complexity index is 634. The number of nitrogens with one attached hydrogen (secondary N) is 1. The zero-order chi connectivity index (χ0) is 16.4. The van der Waals surface area contributed by atoms with Crippen molar-refractivity contribution in [2.75, 3.05) is 26.7 Å². The molecule has 3 atom stereocenters. The minimum Gasteiger partial charge on any atom is -0.453 e. The lowest BCUT2D eigenvalue weighted by Crippen LogP contribution is -2.36. The van der Waals surface area contributed by atoms with Gasteiger partial charge in [0.2, 0.25) is 5.91 Å². The molecule has 2 heterocycles. The Labute approximate surface area is 134 Å². The number of hydrogen-bond donors (Lipinski definition) is 1. The first-order chi connectivity index (χ1) is 11.1. The van der Waals surface area contributed by atoms with Crippen LogP contribution in [0, 0.1) is 23.2 Å². The summed E-state index contributed by atoms with van der Waals surface area (Å²) in [6.45, 7) is 1.69. The first-order valence-corrected chi connectivity index (χ1v) is 7.79. The molecular weight excluding hydrogens is 296 g/mol. The van der Waals surface area contributed by atoms with Crippen molar-refractivity contribution in [2.24, 2.45) is 11.8 Å². The molecule has 1 amide bonds. The van der Waals surface area contributed by atoms with E-state index in [9.17, 15) is 9.59 Å². The summed E-state index contributed by atoms with van der Waals surface area (Å²) in [6.07, 6.45) is 3.28. The van der Waals surface area contributed by atoms with Crippen LogP contribution in [0.5, 0.6) is 0 Å². The Balaban J connectivity index is 1.48. The molecule has 1 saturated heterocycles. The second-order valence-corrected chi connectivity index (χ2v) is 6.21. The Kier molecular flexibility index (Phi) is 4.35. The second kappa shape index (κ2) is 6.42. The molecule has 1 aromatic heterocycles. The lowest BCUT2D eigenvalue weighted by molar-refractivity contribution is 0.0907. The number of carbonyl (C=O) groups is 2. The average molecular weight is 316 g/mol. The van der Waals surface area contributed by atoms with E-state index in [2.05, 4.69) is 5.32 Å². The van der Waals surface area contributed by atoms with Crippen LogP contribution in [0.15, 0.2) is 18.3 Å². The first kappa shape index (κ1) is 15.6. The van der Waals surface area contributed by atoms with Crippen molar-refractivity contribution in [1.29, 1.82) is 5.26 Å². The summed E-state index contributed by atoms with van der Waals surface area (Å²) in [5.74, 6) is 0.825. The molecule has 0 bridgehead atoms. The van der Waals surface area contributed by atoms with Crippen molar-refractivity contribution in [1.82, 2.24) is 14.8 Å². The Morgan fingerprint density at radius 3 is 2.70 bits per heavy atom. The van der Waals surface area contributed by atoms with Crippen molar-refractivity contribution in [3.05, 3.63) is 24.0 Å². The standard InChI is InChI=1S/C16H20N4O3/c1-23-16(22)19-9-11-5-13(6-12(11)10-19)18-8-15(21)20-4-2-3-14(20)7-17/h2-4,11-13,18H,5-6,8-10H2,1H3/t11-,12+,13?. The normalized spacial score (nSPS) is 25.9. The van der Waals surface area contributed by atoms with Crippen molar-refractivity contribution in [2.45, 2.75) is 18.9 Å². The molecule has 122 valence electrons. The van der Waals surface area contributed by atoms with Crippen LogP contribution >= 0.6 is 0 Å². The number of fused-ring (bicyclic) bond motifs is 1. The molecule has 1 unspecified atom stereocenters. The fourth-order valence-corrected chi connectivity index (χ4v) is 3.75. The summed E-state index contributed by atoms with van der Waals surface area (Å²) in [4.78, 5) is 25.5. The monoisotopic (exact) mass is 316 g/mol. The molecule has 1 aromatic rings. The summed E-state index contributed by atoms with van der Waals surface area (Å²) in [5.41, 5.74) is 0.355. The molecule has 2 fully saturated rings. The fraction of sp³-hybridized carbons (Fsp3) is 0.562. The number of nitrogens with zero attached hydrogens (tertiary/aromatic N) is 3. The van der Waals surface area contributed by atoms with Crippen LogP contribution in [0.1, 0.15) is 23.3 Å². The zero-order valence-electron chi connectivity index (χ0n) is 13.1. The van der Waals surface area contributed by atoms with Crippen LogP contribution in [-0.2, 0) is 4.74 Å². The number of amides is 1. The maximum absolute atomic E-state index is 12.1. The van der Waals surface area contributed by atoms with Gasteiger partial charge in [-0.05, 0) is 36.8 Å². The summed E-state index contributed by atoms with van der Waals surface area (Å²) in [5, 5.41) is 12.2. The van der Waals surface area contributed by atoms with Gasteiger partial charge in [0, 0.05) is 25.3 Å². The fourth-order valence-electron chi connectivity index (χ4n) is 3.75. The predicted molar refractivity (Wildman–Crippen MR) is 81.8 cm³/mol. The van der Waals surface area contributed by atoms with Crippen molar-refractivity contribution in [3.63, 3.8) is 0 Å². The maximum Gasteiger partial charge on any atom is 0.409 e. The van der Waals surface area contributed by atoms with Gasteiger partial charge >= 0.3 is 6.09 Å². The number of likely N-dealkylation sites (tertiary alicyclic amines) is 1. The van der Waals surface area contributed by atoms with Crippen molar-refractivity contribution >= 4 is 12.0 Å². The average Bonchev–Trinajstić information content (AvgIpc) is 3.24. The van der Waals surface area contributed by atoms with E-state index >= 15 is 0 Å². The molecular formula is C16H20N4O3. The van der Waals surface area contributed by atoms with E-state index in [1.807, 2.05) is 6.07 Å². The van der Waals surface area contributed by atoms with Gasteiger partial charge in [0.05, 0.1) is 13.7 Å². The summed E-state index contributed by atoms with van der Waals surface area (Å²) >= 11 is 0. The third-order valence-electron chi connectivity index (χ3n) is 4.86. The zero-order valence-corrected chi connectivity index (χ0v) is 13.1. The topological polar surface area (TPSA) is 87.4 Å². The van der Waals surface area contributed by atoms with E-state index in [4.69, 9.17) is 10.00 Å². The van der Waals surface area contributed by atoms with Gasteiger partial charge in [-0.1, -0.05) is 0 Å². The van der Waals surface area contributed by atoms with Gasteiger partial charge in [0.1, 0.15) is 11.8 Å². The lowest BCUT2D eigenvalue weighted by atomic mass is 10.0. The lowest BCUT2D eigenvalue weighted by Gasteiger charge is -2.18. The van der Waals surface area contributed by atoms with Crippen LogP contribution in [0.3, 0.4) is 0 Å². The van der Waals surface area contributed by atoms with Gasteiger partial charge in [-0.15, -0.1) is 0 Å². The molecule has 7 nitrogen and oxygen atoms in total. The first-order valence-electron chi connectivity index (χ1n) is 7.79. The van der Waals surface area contributed by atoms with Crippen LogP contribution in [0.2, 0.25) is 0 Å². The van der Waals surface area contributed by atoms with Gasteiger partial charge in [-0.2, -0.15) is 5.26 Å². The predicted octanol–water partition coefficient (Wildman–Crippen LogP) is 1.07. The Morgan fingerprint density at radius 2 is 2.09 bits per heavy atom. The largest absolute Gasteiger partial charge is 0.453 e. The molecule has 1 aliphatic carbocycles. The number of ether oxygens (including phenoxy) is 1. The third-order valence-corrected chi connectivity index (χ3v) is 4.86. The highest BCUT2D eigenvalue weighted by Gasteiger charge is 2.42. The molecule has 0 spiro atoms. The smallest absolute Gasteiger partial charge is 0.409 e. The van der Waals surface area contributed by atoms with Gasteiger partial charge in [0.15, 0.2) is 0 Å². The number of nitriles is 1. The van der Waals surface area contributed by atoms with Gasteiger partial charge in [0.25, 0.3) is 0 Å². The molecule has 0 aromatic carbocycles. The van der Waals surface area contributed by atoms with E-state index in [-0.39, 0.29) is 24.6 Å². The Morgan fingerprint density at radius 1 is 1.39 bits per heavy atom. The SMILES string of the molecule is COC(=O)N1C[C@H]2CC(NCC(=O)n3cccc3C#N)C[C@H]2C1. The van der Waals surface area contributed by atoms with E-state index in [0.29, 0.717) is 17.5 Å². The quantitative estimate of drug-likeness (QED) is 0.901. The highest BCUT2D eigenvalue weighted by Crippen LogP contribution is 2.38. The number of methoxy groups -OCH3 is 1. The Hall–Kier alpha value is -2.33. The minimum atomic E-state index is -0.254. The number of carbonyl (C=O) groups excluding carboxylic acids is 2. The van der Waals surface area contributed by atoms with Crippen LogP contribution < -0.4 is 5.32 Å². The number of hydrogen-bond acceptors (Lipinski definition) is 5. The number of aromatic nitrogens is 1. The maximum atomic E-state index is 12.1. The second-order valence-electron chi connectivity index (χ2n) is 6.21. The number of rotatable bonds is 3. The van der Waals surface area contributed by atoms with Crippen LogP contribution in [-0.4, -0.2) is 54.3 Å². The molecule has 1 N–H and O–H groups in total. The van der Waals surface area contributed by atoms with E-state index < -0.39 is 0 Å². The van der Waals surface area contributed by atoms with E-state index in [1.165, 1.54) is 11.7 Å². The summed E-state index contributed by atoms with van der Waals surface area (Å²) in [6, 6.07) is 5.61. The minimum absolute atomic E-state index is 0.125.